The van der Waals surface area contributed by atoms with Crippen molar-refractivity contribution in [2.24, 2.45) is 0 Å². The molecule has 4 rings (SSSR count). The Morgan fingerprint density at radius 3 is 2.89 bits per heavy atom. The number of rotatable bonds is 5. The topological polar surface area (TPSA) is 108 Å². The van der Waals surface area contributed by atoms with E-state index in [0.29, 0.717) is 35.6 Å². The van der Waals surface area contributed by atoms with E-state index in [9.17, 15) is 14.0 Å². The Hall–Kier alpha value is -3.75. The lowest BCUT2D eigenvalue weighted by Gasteiger charge is -2.10. The van der Waals surface area contributed by atoms with E-state index in [-0.39, 0.29) is 11.4 Å². The molecule has 3 heterocycles. The summed E-state index contributed by atoms with van der Waals surface area (Å²) in [4.78, 5) is 32.1. The van der Waals surface area contributed by atoms with E-state index < -0.39 is 11.2 Å². The quantitative estimate of drug-likeness (QED) is 0.497. The summed E-state index contributed by atoms with van der Waals surface area (Å²) in [6.45, 7) is 0.467. The molecule has 0 fully saturated rings. The molecule has 27 heavy (non-hydrogen) atoms. The van der Waals surface area contributed by atoms with Gasteiger partial charge in [0.15, 0.2) is 5.65 Å². The second-order valence-electron chi connectivity index (χ2n) is 5.89. The smallest absolute Gasteiger partial charge is 0.325 e. The van der Waals surface area contributed by atoms with Gasteiger partial charge in [-0.1, -0.05) is 18.2 Å². The number of nitrogens with zero attached hydrogens (tertiary/aromatic N) is 3. The van der Waals surface area contributed by atoms with Crippen molar-refractivity contribution >= 4 is 11.3 Å². The first-order chi connectivity index (χ1) is 13.1. The Kier molecular flexibility index (Phi) is 4.25. The number of aromatic amines is 2. The molecule has 0 radical (unpaired) electrons. The monoisotopic (exact) mass is 366 g/mol. The van der Waals surface area contributed by atoms with Crippen LogP contribution in [0.2, 0.25) is 0 Å². The van der Waals surface area contributed by atoms with Gasteiger partial charge in [-0.15, -0.1) is 0 Å². The van der Waals surface area contributed by atoms with E-state index in [1.807, 2.05) is 0 Å². The first-order valence-corrected chi connectivity index (χ1v) is 8.26. The van der Waals surface area contributed by atoms with E-state index in [0.717, 1.165) is 0 Å². The van der Waals surface area contributed by atoms with Crippen LogP contribution in [0.25, 0.3) is 16.9 Å². The number of benzene rings is 1. The largest absolute Gasteiger partial charge is 0.382 e. The normalized spacial score (nSPS) is 11.0. The summed E-state index contributed by atoms with van der Waals surface area (Å²) in [5.41, 5.74) is 1.29. The summed E-state index contributed by atoms with van der Waals surface area (Å²) >= 11 is 0. The molecule has 1 aromatic carbocycles. The SMILES string of the molecule is O=c1[nH]cc(-c2cc(NCCc3ccccc3F)c3nccn3n2)c(=O)[nH]1. The maximum atomic E-state index is 13.8. The highest BCUT2D eigenvalue weighted by molar-refractivity contribution is 5.73. The molecule has 0 bridgehead atoms. The number of halogens is 1. The van der Waals surface area contributed by atoms with Gasteiger partial charge in [-0.3, -0.25) is 9.78 Å². The van der Waals surface area contributed by atoms with Crippen molar-refractivity contribution in [3.63, 3.8) is 0 Å². The molecule has 136 valence electrons. The van der Waals surface area contributed by atoms with Crippen molar-refractivity contribution in [1.82, 2.24) is 24.6 Å². The van der Waals surface area contributed by atoms with Gasteiger partial charge in [0.05, 0.1) is 11.3 Å². The molecule has 0 amide bonds. The third kappa shape index (κ3) is 3.34. The lowest BCUT2D eigenvalue weighted by atomic mass is 10.1. The third-order valence-corrected chi connectivity index (χ3v) is 4.12. The second-order valence-corrected chi connectivity index (χ2v) is 5.89. The molecule has 4 aromatic rings. The fourth-order valence-corrected chi connectivity index (χ4v) is 2.81. The van der Waals surface area contributed by atoms with E-state index >= 15 is 0 Å². The molecule has 9 heteroatoms. The van der Waals surface area contributed by atoms with Crippen LogP contribution in [0.15, 0.2) is 58.5 Å². The van der Waals surface area contributed by atoms with Crippen LogP contribution in [0.5, 0.6) is 0 Å². The van der Waals surface area contributed by atoms with E-state index in [1.54, 1.807) is 36.7 Å². The van der Waals surface area contributed by atoms with E-state index in [2.05, 4.69) is 25.4 Å². The number of anilines is 1. The first kappa shape index (κ1) is 16.7. The number of hydrogen-bond donors (Lipinski definition) is 3. The van der Waals surface area contributed by atoms with Gasteiger partial charge >= 0.3 is 5.69 Å². The highest BCUT2D eigenvalue weighted by atomic mass is 19.1. The molecule has 3 N–H and O–H groups in total. The number of hydrogen-bond acceptors (Lipinski definition) is 5. The van der Waals surface area contributed by atoms with Crippen LogP contribution in [-0.4, -0.2) is 31.1 Å². The number of imidazole rings is 1. The lowest BCUT2D eigenvalue weighted by Crippen LogP contribution is -2.23. The summed E-state index contributed by atoms with van der Waals surface area (Å²) in [5, 5.41) is 7.57. The Balaban J connectivity index is 1.66. The van der Waals surface area contributed by atoms with Crippen LogP contribution in [-0.2, 0) is 6.42 Å². The Labute approximate surface area is 151 Å². The average molecular weight is 366 g/mol. The Morgan fingerprint density at radius 1 is 1.22 bits per heavy atom. The van der Waals surface area contributed by atoms with Crippen molar-refractivity contribution < 1.29 is 4.39 Å². The highest BCUT2D eigenvalue weighted by Crippen LogP contribution is 2.21. The molecular weight excluding hydrogens is 351 g/mol. The molecule has 0 spiro atoms. The van der Waals surface area contributed by atoms with Gasteiger partial charge in [0.25, 0.3) is 5.56 Å². The van der Waals surface area contributed by atoms with Gasteiger partial charge in [0.1, 0.15) is 11.5 Å². The van der Waals surface area contributed by atoms with Crippen LogP contribution >= 0.6 is 0 Å². The lowest BCUT2D eigenvalue weighted by molar-refractivity contribution is 0.610. The molecule has 0 saturated carbocycles. The standard InChI is InChI=1S/C18H15FN6O2/c19-13-4-2-1-3-11(13)5-6-20-15-9-14(24-25-8-7-21-16(15)25)12-10-22-18(27)23-17(12)26/h1-4,7-10,20H,5-6H2,(H2,22,23,26,27). The summed E-state index contributed by atoms with van der Waals surface area (Å²) in [5.74, 6) is -0.250. The number of nitrogens with one attached hydrogen (secondary N) is 3. The maximum Gasteiger partial charge on any atom is 0.325 e. The predicted molar refractivity (Wildman–Crippen MR) is 98.3 cm³/mol. The summed E-state index contributed by atoms with van der Waals surface area (Å²) in [6, 6.07) is 8.27. The van der Waals surface area contributed by atoms with Crippen LogP contribution < -0.4 is 16.6 Å². The summed E-state index contributed by atoms with van der Waals surface area (Å²) < 4.78 is 15.3. The van der Waals surface area contributed by atoms with Gasteiger partial charge in [0, 0.05) is 25.1 Å². The molecular formula is C18H15FN6O2. The molecule has 8 nitrogen and oxygen atoms in total. The van der Waals surface area contributed by atoms with Gasteiger partial charge in [-0.2, -0.15) is 5.10 Å². The second kappa shape index (κ2) is 6.87. The molecule has 3 aromatic heterocycles. The fourth-order valence-electron chi connectivity index (χ4n) is 2.81. The number of aromatic nitrogens is 5. The Morgan fingerprint density at radius 2 is 2.07 bits per heavy atom. The van der Waals surface area contributed by atoms with Gasteiger partial charge in [-0.25, -0.2) is 18.7 Å². The fraction of sp³-hybridized carbons (Fsp3) is 0.111. The van der Waals surface area contributed by atoms with Crippen LogP contribution in [0.1, 0.15) is 5.56 Å². The van der Waals surface area contributed by atoms with Crippen molar-refractivity contribution in [2.45, 2.75) is 6.42 Å². The molecule has 0 atom stereocenters. The zero-order valence-electron chi connectivity index (χ0n) is 14.1. The van der Waals surface area contributed by atoms with Crippen LogP contribution in [0.3, 0.4) is 0 Å². The van der Waals surface area contributed by atoms with Crippen molar-refractivity contribution in [3.05, 3.63) is 81.1 Å². The van der Waals surface area contributed by atoms with Gasteiger partial charge in [0.2, 0.25) is 0 Å². The molecule has 0 aliphatic carbocycles. The number of H-pyrrole nitrogens is 2. The predicted octanol–water partition coefficient (Wildman–Crippen LogP) is 1.57. The van der Waals surface area contributed by atoms with Crippen molar-refractivity contribution in [1.29, 1.82) is 0 Å². The average Bonchev–Trinajstić information content (AvgIpc) is 3.12. The summed E-state index contributed by atoms with van der Waals surface area (Å²) in [7, 11) is 0. The van der Waals surface area contributed by atoms with Crippen molar-refractivity contribution in [2.75, 3.05) is 11.9 Å². The zero-order chi connectivity index (χ0) is 18.8. The van der Waals surface area contributed by atoms with Gasteiger partial charge < -0.3 is 10.3 Å². The van der Waals surface area contributed by atoms with E-state index in [4.69, 9.17) is 0 Å². The first-order valence-electron chi connectivity index (χ1n) is 8.26. The van der Waals surface area contributed by atoms with E-state index in [1.165, 1.54) is 16.8 Å². The van der Waals surface area contributed by atoms with Crippen LogP contribution in [0, 0.1) is 5.82 Å². The van der Waals surface area contributed by atoms with Crippen molar-refractivity contribution in [3.8, 4) is 11.3 Å². The van der Waals surface area contributed by atoms with Crippen LogP contribution in [0.4, 0.5) is 10.1 Å². The molecule has 0 aliphatic heterocycles. The zero-order valence-corrected chi connectivity index (χ0v) is 14.1. The molecule has 0 aliphatic rings. The maximum absolute atomic E-state index is 13.8. The Bertz CT molecular complexity index is 1230. The minimum atomic E-state index is -0.587. The molecule has 0 saturated heterocycles. The highest BCUT2D eigenvalue weighted by Gasteiger charge is 2.12. The minimum absolute atomic E-state index is 0.224. The van der Waals surface area contributed by atoms with Gasteiger partial charge in [-0.05, 0) is 24.1 Å². The number of fused-ring (bicyclic) bond motifs is 1. The molecule has 0 unspecified atom stereocenters. The third-order valence-electron chi connectivity index (χ3n) is 4.12. The summed E-state index contributed by atoms with van der Waals surface area (Å²) in [6.07, 6.45) is 5.04. The minimum Gasteiger partial charge on any atom is -0.382 e.